The maximum absolute atomic E-state index is 12.1. The van der Waals surface area contributed by atoms with Gasteiger partial charge in [0.1, 0.15) is 0 Å². The normalized spacial score (nSPS) is 11.3. The van der Waals surface area contributed by atoms with E-state index in [-0.39, 0.29) is 11.6 Å². The van der Waals surface area contributed by atoms with E-state index >= 15 is 0 Å². The Morgan fingerprint density at radius 3 is 1.56 bits per heavy atom. The van der Waals surface area contributed by atoms with E-state index in [4.69, 9.17) is 0 Å². The smallest absolute Gasteiger partial charge is 0.160 e. The van der Waals surface area contributed by atoms with E-state index < -0.39 is 7.53 Å². The van der Waals surface area contributed by atoms with Crippen LogP contribution in [-0.2, 0) is 0 Å². The van der Waals surface area contributed by atoms with Gasteiger partial charge in [-0.25, -0.2) is 0 Å². The Bertz CT molecular complexity index is 1150. The van der Waals surface area contributed by atoms with Gasteiger partial charge in [0.05, 0.1) is 0 Å². The molecule has 0 aliphatic heterocycles. The number of fused-ring (bicyclic) bond motifs is 3. The molecule has 0 spiro atoms. The molecule has 0 bridgehead atoms. The van der Waals surface area contributed by atoms with Gasteiger partial charge in [-0.05, 0) is 79.2 Å². The molecule has 2 nitrogen and oxygen atoms in total. The summed E-state index contributed by atoms with van der Waals surface area (Å²) in [5, 5.41) is 6.02. The molecule has 1 heterocycles. The third-order valence-corrected chi connectivity index (χ3v) is 7.75. The van der Waals surface area contributed by atoms with Crippen LogP contribution in [0.15, 0.2) is 54.6 Å². The van der Waals surface area contributed by atoms with Crippen molar-refractivity contribution >= 4 is 40.1 Å². The monoisotopic (exact) mass is 372 g/mol. The summed E-state index contributed by atoms with van der Waals surface area (Å²) in [5.74, 6) is 0.151. The first-order valence-electron chi connectivity index (χ1n) is 9.05. The van der Waals surface area contributed by atoms with Crippen LogP contribution in [0.2, 0.25) is 0 Å². The molecular weight excluding hydrogens is 351 g/mol. The number of aryl methyl sites for hydroxylation is 2. The molecule has 3 heteroatoms. The van der Waals surface area contributed by atoms with Gasteiger partial charge in [-0.2, -0.15) is 0 Å². The van der Waals surface area contributed by atoms with Crippen molar-refractivity contribution < 1.29 is 9.59 Å². The third-order valence-electron chi connectivity index (χ3n) is 5.23. The standard InChI is InChI=1S/C24H21O2P/c1-14-10-23-21(12-19(14)16(3)25)22-13-20(17(4)26)15(2)11-24(22)27(23)18-8-6-5-7-9-18/h5-13H,1-4H3. The summed E-state index contributed by atoms with van der Waals surface area (Å²) < 4.78 is 0. The van der Waals surface area contributed by atoms with Crippen molar-refractivity contribution in [2.24, 2.45) is 0 Å². The van der Waals surface area contributed by atoms with Crippen molar-refractivity contribution in [3.05, 3.63) is 76.9 Å². The van der Waals surface area contributed by atoms with E-state index in [0.717, 1.165) is 33.0 Å². The molecule has 134 valence electrons. The molecule has 27 heavy (non-hydrogen) atoms. The summed E-state index contributed by atoms with van der Waals surface area (Å²) in [5.41, 5.74) is 3.55. The van der Waals surface area contributed by atoms with Crippen LogP contribution < -0.4 is 0 Å². The van der Waals surface area contributed by atoms with Gasteiger partial charge in [0, 0.05) is 21.4 Å². The van der Waals surface area contributed by atoms with E-state index in [1.54, 1.807) is 13.8 Å². The minimum Gasteiger partial charge on any atom is -0.295 e. The van der Waals surface area contributed by atoms with E-state index in [9.17, 15) is 9.59 Å². The van der Waals surface area contributed by atoms with Gasteiger partial charge in [-0.1, -0.05) is 37.9 Å². The second-order valence-corrected chi connectivity index (χ2v) is 9.30. The lowest BCUT2D eigenvalue weighted by Crippen LogP contribution is -1.96. The molecule has 3 aromatic carbocycles. The Morgan fingerprint density at radius 2 is 1.15 bits per heavy atom. The molecule has 0 N–H and O–H groups in total. The van der Waals surface area contributed by atoms with Crippen molar-refractivity contribution in [3.63, 3.8) is 0 Å². The fraction of sp³-hybridized carbons (Fsp3) is 0.167. The van der Waals surface area contributed by atoms with Gasteiger partial charge in [0.25, 0.3) is 0 Å². The first-order chi connectivity index (χ1) is 12.9. The molecule has 0 unspecified atom stereocenters. The maximum Gasteiger partial charge on any atom is 0.160 e. The van der Waals surface area contributed by atoms with Crippen LogP contribution in [0.3, 0.4) is 0 Å². The Morgan fingerprint density at radius 1 is 0.704 bits per heavy atom. The van der Waals surface area contributed by atoms with Crippen LogP contribution in [0, 0.1) is 13.8 Å². The van der Waals surface area contributed by atoms with Gasteiger partial charge < -0.3 is 0 Å². The number of hydrogen-bond acceptors (Lipinski definition) is 2. The van der Waals surface area contributed by atoms with Gasteiger partial charge >= 0.3 is 0 Å². The zero-order valence-corrected chi connectivity index (χ0v) is 16.9. The largest absolute Gasteiger partial charge is 0.295 e. The number of ketones is 2. The fourth-order valence-electron chi connectivity index (χ4n) is 3.93. The second-order valence-electron chi connectivity index (χ2n) is 7.15. The molecular formula is C24H21O2P. The SMILES string of the molecule is CC(=O)c1cc2c3cc(C(C)=O)c(C)cc3p(-c3ccccc3)c2cc1C. The number of hydrogen-bond donors (Lipinski definition) is 0. The van der Waals surface area contributed by atoms with Crippen molar-refractivity contribution in [2.45, 2.75) is 27.7 Å². The predicted molar refractivity (Wildman–Crippen MR) is 115 cm³/mol. The van der Waals surface area contributed by atoms with E-state index in [0.29, 0.717) is 0 Å². The van der Waals surface area contributed by atoms with Crippen LogP contribution in [0.1, 0.15) is 45.7 Å². The van der Waals surface area contributed by atoms with Gasteiger partial charge in [-0.3, -0.25) is 9.59 Å². The lowest BCUT2D eigenvalue weighted by atomic mass is 9.99. The highest BCUT2D eigenvalue weighted by Crippen LogP contribution is 2.55. The Labute approximate surface area is 159 Å². The molecule has 1 aromatic heterocycles. The zero-order chi connectivity index (χ0) is 19.3. The molecule has 0 aliphatic rings. The summed E-state index contributed by atoms with van der Waals surface area (Å²) in [4.78, 5) is 24.2. The third kappa shape index (κ3) is 2.81. The van der Waals surface area contributed by atoms with Crippen LogP contribution in [0.5, 0.6) is 0 Å². The van der Waals surface area contributed by atoms with Crippen LogP contribution >= 0.6 is 7.53 Å². The van der Waals surface area contributed by atoms with Crippen LogP contribution in [0.25, 0.3) is 26.3 Å². The van der Waals surface area contributed by atoms with Gasteiger partial charge in [0.2, 0.25) is 0 Å². The molecule has 0 amide bonds. The fourth-order valence-corrected chi connectivity index (χ4v) is 6.71. The zero-order valence-electron chi connectivity index (χ0n) is 16.0. The highest BCUT2D eigenvalue weighted by atomic mass is 31.1. The molecule has 0 radical (unpaired) electrons. The average molecular weight is 372 g/mol. The molecule has 0 saturated heterocycles. The van der Waals surface area contributed by atoms with Gasteiger partial charge in [0.15, 0.2) is 11.6 Å². The van der Waals surface area contributed by atoms with Crippen molar-refractivity contribution in [1.82, 2.24) is 0 Å². The van der Waals surface area contributed by atoms with E-state index in [1.807, 2.05) is 32.0 Å². The van der Waals surface area contributed by atoms with Crippen molar-refractivity contribution in [3.8, 4) is 5.30 Å². The van der Waals surface area contributed by atoms with Crippen LogP contribution in [0.4, 0.5) is 0 Å². The summed E-state index contributed by atoms with van der Waals surface area (Å²) in [6, 6.07) is 18.9. The Kier molecular flexibility index (Phi) is 4.25. The van der Waals surface area contributed by atoms with Crippen LogP contribution in [-0.4, -0.2) is 11.6 Å². The lowest BCUT2D eigenvalue weighted by molar-refractivity contribution is 0.100. The highest BCUT2D eigenvalue weighted by Gasteiger charge is 2.18. The average Bonchev–Trinajstić information content (AvgIpc) is 2.92. The highest BCUT2D eigenvalue weighted by molar-refractivity contribution is 7.67. The molecule has 0 atom stereocenters. The van der Waals surface area contributed by atoms with E-state index in [1.165, 1.54) is 15.5 Å². The topological polar surface area (TPSA) is 34.1 Å². The molecule has 4 aromatic rings. The number of benzene rings is 3. The maximum atomic E-state index is 12.1. The minimum absolute atomic E-state index is 0.0756. The molecule has 0 aliphatic carbocycles. The lowest BCUT2D eigenvalue weighted by Gasteiger charge is -2.06. The first-order valence-corrected chi connectivity index (χ1v) is 10.4. The molecule has 4 rings (SSSR count). The molecule has 0 fully saturated rings. The summed E-state index contributed by atoms with van der Waals surface area (Å²) in [6.07, 6.45) is 0. The molecule has 0 saturated carbocycles. The second kappa shape index (κ2) is 6.48. The Balaban J connectivity index is 2.23. The van der Waals surface area contributed by atoms with Crippen molar-refractivity contribution in [1.29, 1.82) is 0 Å². The first kappa shape index (κ1) is 17.7. The Hall–Kier alpha value is -2.70. The predicted octanol–water partition coefficient (Wildman–Crippen LogP) is 6.99. The van der Waals surface area contributed by atoms with Crippen molar-refractivity contribution in [2.75, 3.05) is 0 Å². The number of rotatable bonds is 3. The summed E-state index contributed by atoms with van der Waals surface area (Å²) in [7, 11) is -0.690. The quantitative estimate of drug-likeness (QED) is 0.363. The number of carbonyl (C=O) groups is 2. The summed E-state index contributed by atoms with van der Waals surface area (Å²) in [6.45, 7) is 7.23. The number of carbonyl (C=O) groups excluding carboxylic acids is 2. The van der Waals surface area contributed by atoms with Gasteiger partial charge in [-0.15, -0.1) is 0 Å². The number of Topliss-reactive ketones (excluding diaryl/α,β-unsaturated/α-hetero) is 2. The summed E-state index contributed by atoms with van der Waals surface area (Å²) >= 11 is 0. The minimum atomic E-state index is -0.690. The van der Waals surface area contributed by atoms with E-state index in [2.05, 4.69) is 36.4 Å².